The quantitative estimate of drug-likeness (QED) is 0.657. The van der Waals surface area contributed by atoms with E-state index in [1.54, 1.807) is 24.0 Å². The second kappa shape index (κ2) is 5.47. The molecule has 0 saturated heterocycles. The molecule has 2 aromatic heterocycles. The molecule has 0 radical (unpaired) electrons. The Balaban J connectivity index is 2.26. The third-order valence-corrected chi connectivity index (χ3v) is 2.66. The van der Waals surface area contributed by atoms with Crippen molar-refractivity contribution in [1.29, 1.82) is 0 Å². The van der Waals surface area contributed by atoms with E-state index in [4.69, 9.17) is 0 Å². The fourth-order valence-electron chi connectivity index (χ4n) is 1.84. The molecule has 2 aromatic rings. The average Bonchev–Trinajstić information content (AvgIpc) is 2.73. The minimum atomic E-state index is -0.472. The van der Waals surface area contributed by atoms with E-state index >= 15 is 0 Å². The summed E-state index contributed by atoms with van der Waals surface area (Å²) in [6.07, 6.45) is 3.37. The van der Waals surface area contributed by atoms with Gasteiger partial charge in [-0.05, 0) is 24.8 Å². The zero-order valence-electron chi connectivity index (χ0n) is 10.8. The molecule has 0 amide bonds. The van der Waals surface area contributed by atoms with Gasteiger partial charge in [0.05, 0.1) is 23.4 Å². The molecule has 0 unspecified atom stereocenters. The number of hydrogen-bond acceptors (Lipinski definition) is 5. The Kier molecular flexibility index (Phi) is 3.74. The van der Waals surface area contributed by atoms with Gasteiger partial charge >= 0.3 is 5.82 Å². The van der Waals surface area contributed by atoms with Gasteiger partial charge < -0.3 is 15.4 Å². The van der Waals surface area contributed by atoms with Gasteiger partial charge in [0, 0.05) is 18.3 Å². The molecule has 1 N–H and O–H groups in total. The first-order valence-corrected chi connectivity index (χ1v) is 5.98. The van der Waals surface area contributed by atoms with E-state index in [1.165, 1.54) is 0 Å². The number of aromatic nitrogens is 3. The van der Waals surface area contributed by atoms with E-state index in [0.29, 0.717) is 12.1 Å². The Morgan fingerprint density at radius 2 is 2.32 bits per heavy atom. The maximum atomic E-state index is 10.8. The standard InChI is InChI=1S/C12H15N5O2/c1-3-13-11-10(5-4-6-14-11)8-16-7-9(2)12(15-16)17(18)19/h4-7H,3,8H2,1-2H3,(H,13,14). The summed E-state index contributed by atoms with van der Waals surface area (Å²) in [6, 6.07) is 3.76. The second-order valence-electron chi connectivity index (χ2n) is 4.13. The van der Waals surface area contributed by atoms with Gasteiger partial charge in [-0.3, -0.25) is 0 Å². The lowest BCUT2D eigenvalue weighted by Gasteiger charge is -2.07. The number of nitrogens with zero attached hydrogens (tertiary/aromatic N) is 4. The van der Waals surface area contributed by atoms with Crippen LogP contribution in [-0.2, 0) is 6.54 Å². The molecule has 0 fully saturated rings. The highest BCUT2D eigenvalue weighted by Crippen LogP contribution is 2.17. The van der Waals surface area contributed by atoms with Crippen LogP contribution in [0, 0.1) is 17.0 Å². The van der Waals surface area contributed by atoms with E-state index in [9.17, 15) is 10.1 Å². The predicted octanol–water partition coefficient (Wildman–Crippen LogP) is 1.97. The molecule has 0 spiro atoms. The Labute approximate surface area is 110 Å². The molecule has 7 heteroatoms. The van der Waals surface area contributed by atoms with Crippen molar-refractivity contribution >= 4 is 11.6 Å². The van der Waals surface area contributed by atoms with Crippen molar-refractivity contribution in [2.75, 3.05) is 11.9 Å². The fraction of sp³-hybridized carbons (Fsp3) is 0.333. The van der Waals surface area contributed by atoms with Crippen LogP contribution in [0.4, 0.5) is 11.6 Å². The number of pyridine rings is 1. The van der Waals surface area contributed by atoms with Gasteiger partial charge in [0.15, 0.2) is 0 Å². The van der Waals surface area contributed by atoms with Gasteiger partial charge in [0.1, 0.15) is 5.82 Å². The van der Waals surface area contributed by atoms with Crippen molar-refractivity contribution in [3.8, 4) is 0 Å². The SMILES string of the molecule is CCNc1ncccc1Cn1cc(C)c([N+](=O)[O-])n1. The third kappa shape index (κ3) is 2.87. The van der Waals surface area contributed by atoms with Gasteiger partial charge in [-0.2, -0.15) is 4.68 Å². The maximum Gasteiger partial charge on any atom is 0.392 e. The van der Waals surface area contributed by atoms with Gasteiger partial charge in [-0.15, -0.1) is 0 Å². The zero-order valence-corrected chi connectivity index (χ0v) is 10.8. The van der Waals surface area contributed by atoms with Gasteiger partial charge in [0.25, 0.3) is 0 Å². The van der Waals surface area contributed by atoms with Crippen LogP contribution in [0.2, 0.25) is 0 Å². The molecule has 0 atom stereocenters. The summed E-state index contributed by atoms with van der Waals surface area (Å²) in [4.78, 5) is 14.5. The first-order chi connectivity index (χ1) is 9.11. The highest BCUT2D eigenvalue weighted by molar-refractivity contribution is 5.43. The number of hydrogen-bond donors (Lipinski definition) is 1. The summed E-state index contributed by atoms with van der Waals surface area (Å²) in [5.74, 6) is 0.676. The van der Waals surface area contributed by atoms with Crippen molar-refractivity contribution in [2.24, 2.45) is 0 Å². The maximum absolute atomic E-state index is 10.8. The molecule has 0 aromatic carbocycles. The summed E-state index contributed by atoms with van der Waals surface area (Å²) in [5.41, 5.74) is 1.50. The van der Waals surface area contributed by atoms with E-state index in [0.717, 1.165) is 17.9 Å². The molecule has 0 aliphatic heterocycles. The summed E-state index contributed by atoms with van der Waals surface area (Å²) >= 11 is 0. The summed E-state index contributed by atoms with van der Waals surface area (Å²) in [7, 11) is 0. The van der Waals surface area contributed by atoms with Crippen LogP contribution in [0.1, 0.15) is 18.1 Å². The Hall–Kier alpha value is -2.44. The fourth-order valence-corrected chi connectivity index (χ4v) is 1.84. The largest absolute Gasteiger partial charge is 0.392 e. The molecule has 19 heavy (non-hydrogen) atoms. The molecule has 0 aliphatic rings. The normalized spacial score (nSPS) is 10.4. The lowest BCUT2D eigenvalue weighted by atomic mass is 10.2. The van der Waals surface area contributed by atoms with Gasteiger partial charge in [-0.1, -0.05) is 6.07 Å². The number of nitro groups is 1. The zero-order chi connectivity index (χ0) is 13.8. The first-order valence-electron chi connectivity index (χ1n) is 5.98. The van der Waals surface area contributed by atoms with Crippen LogP contribution in [0.25, 0.3) is 0 Å². The molecule has 0 bridgehead atoms. The minimum absolute atomic E-state index is 0.103. The molecule has 0 saturated carbocycles. The van der Waals surface area contributed by atoms with Crippen LogP contribution in [0.3, 0.4) is 0 Å². The molecular weight excluding hydrogens is 246 g/mol. The van der Waals surface area contributed by atoms with Crippen LogP contribution in [0.15, 0.2) is 24.5 Å². The van der Waals surface area contributed by atoms with E-state index < -0.39 is 4.92 Å². The third-order valence-electron chi connectivity index (χ3n) is 2.66. The van der Waals surface area contributed by atoms with Crippen LogP contribution < -0.4 is 5.32 Å². The van der Waals surface area contributed by atoms with Crippen molar-refractivity contribution in [3.63, 3.8) is 0 Å². The van der Waals surface area contributed by atoms with Gasteiger partial charge in [0.2, 0.25) is 0 Å². The first kappa shape index (κ1) is 13.0. The molecule has 100 valence electrons. The number of anilines is 1. The molecule has 2 heterocycles. The Morgan fingerprint density at radius 3 is 2.95 bits per heavy atom. The monoisotopic (exact) mass is 261 g/mol. The topological polar surface area (TPSA) is 85.9 Å². The summed E-state index contributed by atoms with van der Waals surface area (Å²) < 4.78 is 1.56. The van der Waals surface area contributed by atoms with Crippen molar-refractivity contribution < 1.29 is 4.92 Å². The van der Waals surface area contributed by atoms with Crippen molar-refractivity contribution in [3.05, 3.63) is 45.8 Å². The molecular formula is C12H15N5O2. The van der Waals surface area contributed by atoms with E-state index in [2.05, 4.69) is 15.4 Å². The van der Waals surface area contributed by atoms with Crippen LogP contribution >= 0.6 is 0 Å². The molecule has 2 rings (SSSR count). The van der Waals surface area contributed by atoms with Crippen molar-refractivity contribution in [2.45, 2.75) is 20.4 Å². The lowest BCUT2D eigenvalue weighted by Crippen LogP contribution is -2.07. The van der Waals surface area contributed by atoms with Crippen molar-refractivity contribution in [1.82, 2.24) is 14.8 Å². The smallest absolute Gasteiger partial charge is 0.370 e. The van der Waals surface area contributed by atoms with E-state index in [1.807, 2.05) is 19.1 Å². The predicted molar refractivity (Wildman–Crippen MR) is 71.1 cm³/mol. The van der Waals surface area contributed by atoms with Crippen LogP contribution in [0.5, 0.6) is 0 Å². The highest BCUT2D eigenvalue weighted by Gasteiger charge is 2.17. The number of aryl methyl sites for hydroxylation is 1. The number of nitrogens with one attached hydrogen (secondary N) is 1. The minimum Gasteiger partial charge on any atom is -0.370 e. The van der Waals surface area contributed by atoms with E-state index in [-0.39, 0.29) is 5.82 Å². The number of rotatable bonds is 5. The Morgan fingerprint density at radius 1 is 1.53 bits per heavy atom. The van der Waals surface area contributed by atoms with Crippen LogP contribution in [-0.4, -0.2) is 26.2 Å². The summed E-state index contributed by atoms with van der Waals surface area (Å²) in [5, 5.41) is 17.9. The second-order valence-corrected chi connectivity index (χ2v) is 4.13. The average molecular weight is 261 g/mol. The molecule has 7 nitrogen and oxygen atoms in total. The highest BCUT2D eigenvalue weighted by atomic mass is 16.6. The van der Waals surface area contributed by atoms with Gasteiger partial charge in [-0.25, -0.2) is 4.98 Å². The lowest BCUT2D eigenvalue weighted by molar-refractivity contribution is -0.390. The molecule has 0 aliphatic carbocycles. The summed E-state index contributed by atoms with van der Waals surface area (Å²) in [6.45, 7) is 4.88. The Bertz CT molecular complexity index is 594.